The predicted octanol–water partition coefficient (Wildman–Crippen LogP) is 2.57. The minimum Gasteiger partial charge on any atom is -0.449 e. The van der Waals surface area contributed by atoms with Crippen LogP contribution in [0.15, 0.2) is 66.7 Å². The maximum atomic E-state index is 13.5. The van der Waals surface area contributed by atoms with Crippen LogP contribution in [0.1, 0.15) is 49.3 Å². The monoisotopic (exact) mass is 718 g/mol. The van der Waals surface area contributed by atoms with Crippen molar-refractivity contribution in [3.63, 3.8) is 0 Å². The Balaban J connectivity index is 0.00000676. The molecule has 14 nitrogen and oxygen atoms in total. The van der Waals surface area contributed by atoms with Crippen LogP contribution in [0.5, 0.6) is 5.75 Å². The van der Waals surface area contributed by atoms with Crippen LogP contribution in [0.2, 0.25) is 0 Å². The first-order valence-corrected chi connectivity index (χ1v) is 17.5. The predicted molar refractivity (Wildman–Crippen MR) is 188 cm³/mol. The summed E-state index contributed by atoms with van der Waals surface area (Å²) in [4.78, 5) is 51.2. The van der Waals surface area contributed by atoms with Crippen molar-refractivity contribution >= 4 is 69.3 Å². The molecule has 0 aliphatic heterocycles. The number of hydrogen-bond acceptors (Lipinski definition) is 9. The van der Waals surface area contributed by atoms with Crippen molar-refractivity contribution in [3.8, 4) is 16.9 Å². The smallest absolute Gasteiger partial charge is 0.407 e. The van der Waals surface area contributed by atoms with E-state index in [2.05, 4.69) is 21.3 Å². The minimum absolute atomic E-state index is 0. The van der Waals surface area contributed by atoms with Crippen molar-refractivity contribution in [2.45, 2.75) is 51.3 Å². The van der Waals surface area contributed by atoms with E-state index in [9.17, 15) is 32.7 Å². The van der Waals surface area contributed by atoms with Crippen LogP contribution in [0.4, 0.5) is 15.3 Å². The summed E-state index contributed by atoms with van der Waals surface area (Å²) in [5, 5.41) is 19.9. The van der Waals surface area contributed by atoms with Crippen LogP contribution in [-0.4, -0.2) is 98.5 Å². The van der Waals surface area contributed by atoms with Crippen LogP contribution < -0.4 is 31.2 Å². The van der Waals surface area contributed by atoms with Gasteiger partial charge in [-0.2, -0.15) is 8.42 Å². The fraction of sp³-hybridized carbons (Fsp3) is 0.353. The Hall–Kier alpha value is -4.15. The summed E-state index contributed by atoms with van der Waals surface area (Å²) < 4.78 is 34.0. The van der Waals surface area contributed by atoms with E-state index < -0.39 is 58.7 Å². The zero-order chi connectivity index (χ0) is 35.7. The van der Waals surface area contributed by atoms with Crippen molar-refractivity contribution in [2.75, 3.05) is 24.7 Å². The number of aliphatic hydroxyl groups excluding tert-OH is 1. The van der Waals surface area contributed by atoms with Crippen LogP contribution in [0.25, 0.3) is 11.1 Å². The van der Waals surface area contributed by atoms with Gasteiger partial charge in [0.25, 0.3) is 0 Å². The van der Waals surface area contributed by atoms with Crippen molar-refractivity contribution in [1.29, 1.82) is 0 Å². The first kappa shape index (κ1) is 40.3. The Morgan fingerprint density at radius 2 is 1.54 bits per heavy atom. The van der Waals surface area contributed by atoms with Gasteiger partial charge >= 0.3 is 22.2 Å². The summed E-state index contributed by atoms with van der Waals surface area (Å²) in [6.45, 7) is 3.11. The van der Waals surface area contributed by atoms with Gasteiger partial charge in [-0.25, -0.2) is 9.59 Å². The molecule has 0 heterocycles. The van der Waals surface area contributed by atoms with Crippen molar-refractivity contribution < 1.29 is 41.6 Å². The summed E-state index contributed by atoms with van der Waals surface area (Å²) in [5.41, 5.74) is 9.67. The van der Waals surface area contributed by atoms with Gasteiger partial charge in [-0.05, 0) is 47.1 Å². The van der Waals surface area contributed by atoms with Gasteiger partial charge in [0.1, 0.15) is 24.4 Å². The third-order valence-electron chi connectivity index (χ3n) is 7.91. The number of carbonyl (C=O) groups is 4. The van der Waals surface area contributed by atoms with E-state index in [0.29, 0.717) is 0 Å². The number of hydrogen-bond donors (Lipinski definition) is 6. The molecule has 3 aromatic carbocycles. The Morgan fingerprint density at radius 1 is 0.920 bits per heavy atom. The molecule has 0 aromatic heterocycles. The molecule has 0 bridgehead atoms. The van der Waals surface area contributed by atoms with Crippen LogP contribution in [0, 0.1) is 5.92 Å². The normalized spacial score (nSPS) is 13.1. The number of nitrogens with two attached hydrogens (primary N) is 1. The molecule has 0 spiro atoms. The summed E-state index contributed by atoms with van der Waals surface area (Å²) in [6, 6.07) is 16.9. The number of alkyl carbamates (subject to hydrolysis) is 1. The Bertz CT molecular complexity index is 1760. The molecule has 0 saturated heterocycles. The van der Waals surface area contributed by atoms with Gasteiger partial charge in [0.2, 0.25) is 11.8 Å². The van der Waals surface area contributed by atoms with Gasteiger partial charge < -0.3 is 41.0 Å². The van der Waals surface area contributed by atoms with Gasteiger partial charge in [0.15, 0.2) is 0 Å². The molecule has 0 unspecified atom stereocenters. The molecule has 7 N–H and O–H groups in total. The number of anilines is 1. The number of benzene rings is 3. The first-order chi connectivity index (χ1) is 23.3. The van der Waals surface area contributed by atoms with Crippen LogP contribution in [0.3, 0.4) is 0 Å². The van der Waals surface area contributed by atoms with Gasteiger partial charge in [-0.3, -0.25) is 9.59 Å². The maximum Gasteiger partial charge on any atom is 0.407 e. The number of fused-ring (bicyclic) bond motifs is 3. The van der Waals surface area contributed by atoms with E-state index >= 15 is 0 Å². The molecule has 2 atom stereocenters. The summed E-state index contributed by atoms with van der Waals surface area (Å²) in [7, 11) is -3.94. The van der Waals surface area contributed by atoms with E-state index in [1.807, 2.05) is 48.5 Å². The Morgan fingerprint density at radius 3 is 2.10 bits per heavy atom. The quantitative estimate of drug-likeness (QED) is 0.0773. The number of rotatable bonds is 15. The Labute approximate surface area is 313 Å². The van der Waals surface area contributed by atoms with E-state index in [0.717, 1.165) is 28.5 Å². The van der Waals surface area contributed by atoms with Crippen LogP contribution >= 0.6 is 0 Å². The molecule has 1 aliphatic rings. The molecule has 0 fully saturated rings. The number of carbonyl (C=O) groups excluding carboxylic acids is 4. The van der Waals surface area contributed by atoms with Crippen molar-refractivity contribution in [3.05, 3.63) is 83.4 Å². The molecule has 3 aromatic rings. The molecular weight excluding hydrogens is 677 g/mol. The number of nitrogens with one attached hydrogen (secondary N) is 4. The average molecular weight is 719 g/mol. The standard InChI is InChI=1S/C34H41N5O9S.Na/c1-20(2)30(39-34(44)47-19-27-25-11-6-4-9-23(25)24-10-5-7-12-26(24)27)32(42)38-28(13-8-16-36-33(35)43)31(41)37-22-15-14-21(18-40)29(17-22)48-49(3,45)46;/h4-7,9-12,14-15,17,20,27-28,30,40H,8,13,16,18-19H2,1-3H3,(H,37,41)(H,38,42)(H,39,44)(H3,35,36,43);/t28-,30-;/m0./s1. The van der Waals surface area contributed by atoms with Crippen LogP contribution in [-0.2, 0) is 31.1 Å². The average Bonchev–Trinajstić information content (AvgIpc) is 3.36. The molecule has 4 rings (SSSR count). The number of amides is 5. The number of urea groups is 1. The fourth-order valence-electron chi connectivity index (χ4n) is 5.58. The largest absolute Gasteiger partial charge is 0.449 e. The third kappa shape index (κ3) is 10.9. The molecule has 263 valence electrons. The SMILES string of the molecule is CC(C)[C@H](NC(=O)OCC1c2ccccc2-c2ccccc21)C(=O)N[C@@H](CCCNC(N)=O)C(=O)Nc1ccc(CO)c(OS(C)(=O)=O)c1.[Na]. The second kappa shape index (κ2) is 18.2. The Kier molecular flexibility index (Phi) is 14.7. The first-order valence-electron chi connectivity index (χ1n) is 15.7. The second-order valence-electron chi connectivity index (χ2n) is 11.9. The number of ether oxygens (including phenoxy) is 1. The minimum atomic E-state index is -3.94. The van der Waals surface area contributed by atoms with Crippen molar-refractivity contribution in [1.82, 2.24) is 16.0 Å². The van der Waals surface area contributed by atoms with Gasteiger partial charge in [0, 0.05) is 59.3 Å². The van der Waals surface area contributed by atoms with E-state index in [1.54, 1.807) is 13.8 Å². The summed E-state index contributed by atoms with van der Waals surface area (Å²) in [5.74, 6) is -2.08. The molecular formula is C34H41N5NaO9S. The molecule has 1 aliphatic carbocycles. The maximum absolute atomic E-state index is 13.5. The molecule has 50 heavy (non-hydrogen) atoms. The molecule has 16 heteroatoms. The number of aliphatic hydroxyl groups is 1. The summed E-state index contributed by atoms with van der Waals surface area (Å²) >= 11 is 0. The van der Waals surface area contributed by atoms with Gasteiger partial charge in [0.05, 0.1) is 12.9 Å². The second-order valence-corrected chi connectivity index (χ2v) is 13.5. The van der Waals surface area contributed by atoms with E-state index in [1.165, 1.54) is 18.2 Å². The zero-order valence-corrected chi connectivity index (χ0v) is 31.2. The summed E-state index contributed by atoms with van der Waals surface area (Å²) in [6.07, 6.45) is 0.353. The molecule has 5 amide bonds. The van der Waals surface area contributed by atoms with Gasteiger partial charge in [-0.1, -0.05) is 68.4 Å². The zero-order valence-electron chi connectivity index (χ0n) is 28.4. The molecule has 1 radical (unpaired) electrons. The third-order valence-corrected chi connectivity index (χ3v) is 8.40. The van der Waals surface area contributed by atoms with E-state index in [-0.39, 0.29) is 78.5 Å². The molecule has 0 saturated carbocycles. The fourth-order valence-corrected chi connectivity index (χ4v) is 6.06. The topological polar surface area (TPSA) is 215 Å². The van der Waals surface area contributed by atoms with E-state index in [4.69, 9.17) is 14.7 Å². The van der Waals surface area contributed by atoms with Crippen molar-refractivity contribution in [2.24, 2.45) is 11.7 Å². The van der Waals surface area contributed by atoms with Gasteiger partial charge in [-0.15, -0.1) is 0 Å². The number of primary amides is 1.